The lowest BCUT2D eigenvalue weighted by Gasteiger charge is -2.19. The molecule has 1 aliphatic heterocycles. The zero-order valence-corrected chi connectivity index (χ0v) is 10.8. The highest BCUT2D eigenvalue weighted by Crippen LogP contribution is 2.22. The standard InChI is InChI=1S/C14H20N2O2/c1-2-15-8-5-9-16-10-11-18-13-7-4-3-6-12(13)14(16)17/h3-4,6-7,15H,2,5,8-11H2,1H3. The molecule has 0 saturated heterocycles. The van der Waals surface area contributed by atoms with E-state index in [1.165, 1.54) is 0 Å². The van der Waals surface area contributed by atoms with Crippen LogP contribution in [0.4, 0.5) is 0 Å². The first-order valence-corrected chi connectivity index (χ1v) is 6.54. The lowest BCUT2D eigenvalue weighted by molar-refractivity contribution is 0.0754. The van der Waals surface area contributed by atoms with E-state index < -0.39 is 0 Å². The van der Waals surface area contributed by atoms with Crippen molar-refractivity contribution in [1.29, 1.82) is 0 Å². The van der Waals surface area contributed by atoms with Crippen LogP contribution in [-0.2, 0) is 0 Å². The van der Waals surface area contributed by atoms with Crippen LogP contribution in [0.2, 0.25) is 0 Å². The molecule has 4 heteroatoms. The van der Waals surface area contributed by atoms with Gasteiger partial charge >= 0.3 is 0 Å². The van der Waals surface area contributed by atoms with Gasteiger partial charge in [0.2, 0.25) is 0 Å². The van der Waals surface area contributed by atoms with Gasteiger partial charge in [-0.1, -0.05) is 19.1 Å². The minimum absolute atomic E-state index is 0.0830. The maximum Gasteiger partial charge on any atom is 0.257 e. The molecule has 0 atom stereocenters. The van der Waals surface area contributed by atoms with Gasteiger partial charge < -0.3 is 15.0 Å². The van der Waals surface area contributed by atoms with Gasteiger partial charge in [0, 0.05) is 6.54 Å². The smallest absolute Gasteiger partial charge is 0.257 e. The van der Waals surface area contributed by atoms with E-state index in [-0.39, 0.29) is 5.91 Å². The highest BCUT2D eigenvalue weighted by Gasteiger charge is 2.22. The minimum atomic E-state index is 0.0830. The average molecular weight is 248 g/mol. The molecule has 0 radical (unpaired) electrons. The van der Waals surface area contributed by atoms with E-state index in [0.717, 1.165) is 26.1 Å². The molecule has 0 aliphatic carbocycles. The monoisotopic (exact) mass is 248 g/mol. The van der Waals surface area contributed by atoms with Gasteiger partial charge in [0.15, 0.2) is 0 Å². The number of hydrogen-bond donors (Lipinski definition) is 1. The van der Waals surface area contributed by atoms with Crippen molar-refractivity contribution in [2.45, 2.75) is 13.3 Å². The maximum absolute atomic E-state index is 12.3. The van der Waals surface area contributed by atoms with Gasteiger partial charge in [0.1, 0.15) is 12.4 Å². The van der Waals surface area contributed by atoms with Gasteiger partial charge in [-0.25, -0.2) is 0 Å². The number of para-hydroxylation sites is 1. The number of amides is 1. The lowest BCUT2D eigenvalue weighted by atomic mass is 10.2. The summed E-state index contributed by atoms with van der Waals surface area (Å²) in [6.45, 7) is 6.02. The number of carbonyl (C=O) groups is 1. The van der Waals surface area contributed by atoms with E-state index >= 15 is 0 Å². The van der Waals surface area contributed by atoms with Crippen LogP contribution >= 0.6 is 0 Å². The molecule has 0 unspecified atom stereocenters. The van der Waals surface area contributed by atoms with Crippen LogP contribution in [0.5, 0.6) is 5.75 Å². The van der Waals surface area contributed by atoms with Crippen molar-refractivity contribution in [2.75, 3.05) is 32.8 Å². The number of carbonyl (C=O) groups excluding carboxylic acids is 1. The largest absolute Gasteiger partial charge is 0.491 e. The van der Waals surface area contributed by atoms with Gasteiger partial charge in [0.05, 0.1) is 12.1 Å². The van der Waals surface area contributed by atoms with Crippen LogP contribution in [0.1, 0.15) is 23.7 Å². The molecule has 0 bridgehead atoms. The Bertz CT molecular complexity index is 407. The Balaban J connectivity index is 1.99. The summed E-state index contributed by atoms with van der Waals surface area (Å²) in [5.41, 5.74) is 0.679. The van der Waals surface area contributed by atoms with E-state index in [1.54, 1.807) is 0 Å². The Morgan fingerprint density at radius 2 is 2.22 bits per heavy atom. The summed E-state index contributed by atoms with van der Waals surface area (Å²) in [6, 6.07) is 7.46. The molecule has 1 aromatic rings. The summed E-state index contributed by atoms with van der Waals surface area (Å²) in [5.74, 6) is 0.788. The predicted octanol–water partition coefficient (Wildman–Crippen LogP) is 1.52. The second-order valence-corrected chi connectivity index (χ2v) is 4.34. The molecule has 98 valence electrons. The van der Waals surface area contributed by atoms with Crippen LogP contribution in [0.15, 0.2) is 24.3 Å². The van der Waals surface area contributed by atoms with E-state index in [0.29, 0.717) is 24.5 Å². The van der Waals surface area contributed by atoms with Crippen molar-refractivity contribution >= 4 is 5.91 Å². The average Bonchev–Trinajstić information content (AvgIpc) is 2.56. The quantitative estimate of drug-likeness (QED) is 0.803. The molecule has 1 aromatic carbocycles. The molecule has 2 rings (SSSR count). The molecule has 1 aliphatic rings. The number of nitrogens with zero attached hydrogens (tertiary/aromatic N) is 1. The third kappa shape index (κ3) is 3.01. The van der Waals surface area contributed by atoms with Gasteiger partial charge in [-0.15, -0.1) is 0 Å². The third-order valence-electron chi connectivity index (χ3n) is 3.06. The number of fused-ring (bicyclic) bond motifs is 1. The first kappa shape index (κ1) is 12.9. The molecular formula is C14H20N2O2. The van der Waals surface area contributed by atoms with E-state index in [4.69, 9.17) is 4.74 Å². The van der Waals surface area contributed by atoms with Crippen LogP contribution in [0.25, 0.3) is 0 Å². The van der Waals surface area contributed by atoms with Gasteiger partial charge in [-0.05, 0) is 31.6 Å². The Morgan fingerprint density at radius 1 is 1.39 bits per heavy atom. The summed E-state index contributed by atoms with van der Waals surface area (Å²) < 4.78 is 5.60. The van der Waals surface area contributed by atoms with Crippen LogP contribution in [0.3, 0.4) is 0 Å². The van der Waals surface area contributed by atoms with Gasteiger partial charge in [0.25, 0.3) is 5.91 Å². The van der Waals surface area contributed by atoms with Crippen molar-refractivity contribution < 1.29 is 9.53 Å². The second kappa shape index (κ2) is 6.40. The molecule has 0 spiro atoms. The lowest BCUT2D eigenvalue weighted by Crippen LogP contribution is -2.34. The second-order valence-electron chi connectivity index (χ2n) is 4.34. The van der Waals surface area contributed by atoms with Crippen LogP contribution in [0, 0.1) is 0 Å². The third-order valence-corrected chi connectivity index (χ3v) is 3.06. The van der Waals surface area contributed by atoms with Crippen molar-refractivity contribution in [3.8, 4) is 5.75 Å². The number of nitrogens with one attached hydrogen (secondary N) is 1. The summed E-state index contributed by atoms with van der Waals surface area (Å²) in [7, 11) is 0. The van der Waals surface area contributed by atoms with Crippen molar-refractivity contribution in [3.05, 3.63) is 29.8 Å². The van der Waals surface area contributed by atoms with Crippen molar-refractivity contribution in [2.24, 2.45) is 0 Å². The Morgan fingerprint density at radius 3 is 3.06 bits per heavy atom. The Hall–Kier alpha value is -1.55. The number of benzene rings is 1. The van der Waals surface area contributed by atoms with Crippen molar-refractivity contribution in [3.63, 3.8) is 0 Å². The van der Waals surface area contributed by atoms with Gasteiger partial charge in [-0.3, -0.25) is 4.79 Å². The number of rotatable bonds is 5. The summed E-state index contributed by atoms with van der Waals surface area (Å²) >= 11 is 0. The number of ether oxygens (including phenoxy) is 1. The van der Waals surface area contributed by atoms with Gasteiger partial charge in [-0.2, -0.15) is 0 Å². The molecule has 1 amide bonds. The van der Waals surface area contributed by atoms with E-state index in [2.05, 4.69) is 12.2 Å². The molecule has 1 N–H and O–H groups in total. The first-order chi connectivity index (χ1) is 8.83. The molecule has 4 nitrogen and oxygen atoms in total. The fraction of sp³-hybridized carbons (Fsp3) is 0.500. The minimum Gasteiger partial charge on any atom is -0.491 e. The molecule has 0 aromatic heterocycles. The predicted molar refractivity (Wildman–Crippen MR) is 71.0 cm³/mol. The topological polar surface area (TPSA) is 41.6 Å². The molecule has 18 heavy (non-hydrogen) atoms. The Labute approximate surface area is 108 Å². The maximum atomic E-state index is 12.3. The highest BCUT2D eigenvalue weighted by molar-refractivity contribution is 5.97. The first-order valence-electron chi connectivity index (χ1n) is 6.54. The normalized spacial score (nSPS) is 14.9. The summed E-state index contributed by atoms with van der Waals surface area (Å²) in [5, 5.41) is 3.27. The number of hydrogen-bond acceptors (Lipinski definition) is 3. The van der Waals surface area contributed by atoms with Crippen LogP contribution in [-0.4, -0.2) is 43.6 Å². The SMILES string of the molecule is CCNCCCN1CCOc2ccccc2C1=O. The Kier molecular flexibility index (Phi) is 4.59. The van der Waals surface area contributed by atoms with E-state index in [1.807, 2.05) is 29.2 Å². The zero-order chi connectivity index (χ0) is 12.8. The molecule has 1 heterocycles. The summed E-state index contributed by atoms with van der Waals surface area (Å²) in [4.78, 5) is 14.2. The fourth-order valence-electron chi connectivity index (χ4n) is 2.09. The molecule has 0 saturated carbocycles. The van der Waals surface area contributed by atoms with Crippen molar-refractivity contribution in [1.82, 2.24) is 10.2 Å². The zero-order valence-electron chi connectivity index (χ0n) is 10.8. The molecule has 0 fully saturated rings. The highest BCUT2D eigenvalue weighted by atomic mass is 16.5. The fourth-order valence-corrected chi connectivity index (χ4v) is 2.09. The molecular weight excluding hydrogens is 228 g/mol. The summed E-state index contributed by atoms with van der Waals surface area (Å²) in [6.07, 6.45) is 0.974. The van der Waals surface area contributed by atoms with E-state index in [9.17, 15) is 4.79 Å². The van der Waals surface area contributed by atoms with Crippen LogP contribution < -0.4 is 10.1 Å².